The molecule has 0 amide bonds. The molecule has 1 aliphatic heterocycles. The number of fused-ring (bicyclic) bond motifs is 3. The molecule has 4 aromatic rings. The number of aryl methyl sites for hydroxylation is 1. The molecule has 0 saturated carbocycles. The number of aromatic nitrogens is 1. The second-order valence-electron chi connectivity index (χ2n) is 8.67. The Kier molecular flexibility index (Phi) is 5.46. The smallest absolute Gasteiger partial charge is 0.271 e. The summed E-state index contributed by atoms with van der Waals surface area (Å²) in [6.07, 6.45) is 3.15. The summed E-state index contributed by atoms with van der Waals surface area (Å²) in [6, 6.07) is 19.1. The van der Waals surface area contributed by atoms with Crippen LogP contribution in [0.2, 0.25) is 0 Å². The van der Waals surface area contributed by atoms with Crippen molar-refractivity contribution in [3.05, 3.63) is 129 Å². The number of hydrogen-bond acceptors (Lipinski definition) is 6. The summed E-state index contributed by atoms with van der Waals surface area (Å²) in [5.41, 5.74) is 4.92. The molecule has 0 unspecified atom stereocenters. The Morgan fingerprint density at radius 1 is 1.11 bits per heavy atom. The molecule has 0 spiro atoms. The molecular formula is C27H18BrN3O4S. The Morgan fingerprint density at radius 2 is 1.94 bits per heavy atom. The van der Waals surface area contributed by atoms with Gasteiger partial charge in [-0.1, -0.05) is 63.7 Å². The van der Waals surface area contributed by atoms with Gasteiger partial charge in [0.25, 0.3) is 11.2 Å². The first kappa shape index (κ1) is 22.6. The molecule has 7 nitrogen and oxygen atoms in total. The van der Waals surface area contributed by atoms with Crippen LogP contribution in [0.5, 0.6) is 5.75 Å². The molecule has 1 N–H and O–H groups in total. The average molecular weight is 560 g/mol. The lowest BCUT2D eigenvalue weighted by atomic mass is 9.83. The Balaban J connectivity index is 1.64. The summed E-state index contributed by atoms with van der Waals surface area (Å²) < 4.78 is 2.84. The summed E-state index contributed by atoms with van der Waals surface area (Å²) >= 11 is 4.65. The summed E-state index contributed by atoms with van der Waals surface area (Å²) in [5.74, 6) is 0.0625. The van der Waals surface area contributed by atoms with E-state index < -0.39 is 11.0 Å². The Bertz CT molecular complexity index is 1790. The minimum Gasteiger partial charge on any atom is -0.507 e. The first-order chi connectivity index (χ1) is 17.4. The van der Waals surface area contributed by atoms with E-state index in [1.165, 1.54) is 23.0 Å². The molecule has 178 valence electrons. The van der Waals surface area contributed by atoms with E-state index in [0.29, 0.717) is 26.9 Å². The molecular weight excluding hydrogens is 542 g/mol. The number of non-ortho nitro benzene ring substituents is 1. The molecule has 0 fully saturated rings. The van der Waals surface area contributed by atoms with Gasteiger partial charge in [-0.25, -0.2) is 4.99 Å². The monoisotopic (exact) mass is 559 g/mol. The van der Waals surface area contributed by atoms with Gasteiger partial charge in [-0.3, -0.25) is 19.5 Å². The highest BCUT2D eigenvalue weighted by Gasteiger charge is 2.33. The fourth-order valence-electron chi connectivity index (χ4n) is 4.91. The fourth-order valence-corrected chi connectivity index (χ4v) is 6.28. The van der Waals surface area contributed by atoms with Crippen molar-refractivity contribution in [2.75, 3.05) is 0 Å². The minimum absolute atomic E-state index is 0.0240. The van der Waals surface area contributed by atoms with Crippen LogP contribution < -0.4 is 14.9 Å². The Labute approximate surface area is 217 Å². The highest BCUT2D eigenvalue weighted by Crippen LogP contribution is 2.41. The largest absolute Gasteiger partial charge is 0.507 e. The van der Waals surface area contributed by atoms with E-state index in [1.54, 1.807) is 41.0 Å². The van der Waals surface area contributed by atoms with Gasteiger partial charge in [0.1, 0.15) is 5.75 Å². The number of nitro benzene ring substituents is 1. The van der Waals surface area contributed by atoms with Crippen LogP contribution in [0, 0.1) is 10.1 Å². The van der Waals surface area contributed by atoms with Gasteiger partial charge in [-0.2, -0.15) is 0 Å². The van der Waals surface area contributed by atoms with E-state index in [2.05, 4.69) is 22.0 Å². The third kappa shape index (κ3) is 3.71. The quantitative estimate of drug-likeness (QED) is 0.290. The molecule has 2 heterocycles. The molecule has 1 aliphatic carbocycles. The van der Waals surface area contributed by atoms with Crippen molar-refractivity contribution >= 4 is 44.7 Å². The SMILES string of the molecule is O=c1/c(=C/c2cc(Br)ccc2O)sc2n1[C@H](c1cccc([N+](=O)[O-])c1)C1=C(N=2)c2ccccc2CC1. The van der Waals surface area contributed by atoms with E-state index in [4.69, 9.17) is 4.99 Å². The normalized spacial score (nSPS) is 16.7. The zero-order valence-corrected chi connectivity index (χ0v) is 21.1. The first-order valence-electron chi connectivity index (χ1n) is 11.3. The molecule has 0 radical (unpaired) electrons. The molecule has 9 heteroatoms. The fraction of sp³-hybridized carbons (Fsp3) is 0.111. The van der Waals surface area contributed by atoms with Gasteiger partial charge in [0.05, 0.1) is 21.2 Å². The number of halogens is 1. The molecule has 36 heavy (non-hydrogen) atoms. The first-order valence-corrected chi connectivity index (χ1v) is 12.9. The molecule has 0 bridgehead atoms. The number of benzene rings is 3. The number of thiazole rings is 1. The number of nitro groups is 1. The minimum atomic E-state index is -0.511. The number of allylic oxidation sites excluding steroid dienone is 1. The van der Waals surface area contributed by atoms with Crippen LogP contribution in [0.15, 0.2) is 86.6 Å². The van der Waals surface area contributed by atoms with Crippen molar-refractivity contribution in [3.8, 4) is 5.75 Å². The lowest BCUT2D eigenvalue weighted by Gasteiger charge is -2.30. The number of phenols is 1. The van der Waals surface area contributed by atoms with Gasteiger partial charge in [0.2, 0.25) is 0 Å². The number of rotatable bonds is 3. The van der Waals surface area contributed by atoms with E-state index in [9.17, 15) is 20.0 Å². The predicted molar refractivity (Wildman–Crippen MR) is 142 cm³/mol. The molecule has 1 atom stereocenters. The zero-order chi connectivity index (χ0) is 25.0. The molecule has 2 aliphatic rings. The molecule has 1 aromatic heterocycles. The standard InChI is InChI=1S/C27H18BrN3O4S/c28-18-9-11-22(32)17(12-18)14-23-26(33)30-25(16-5-3-6-19(13-16)31(34)35)21-10-8-15-4-1-2-7-20(15)24(21)29-27(30)36-23/h1-7,9,11-14,25,32H,8,10H2/b23-14-/t25-/m1/s1. The number of nitrogens with zero attached hydrogens (tertiary/aromatic N) is 3. The van der Waals surface area contributed by atoms with E-state index in [-0.39, 0.29) is 17.0 Å². The summed E-state index contributed by atoms with van der Waals surface area (Å²) in [7, 11) is 0. The highest BCUT2D eigenvalue weighted by atomic mass is 79.9. The van der Waals surface area contributed by atoms with Gasteiger partial charge in [0, 0.05) is 27.7 Å². The van der Waals surface area contributed by atoms with Crippen LogP contribution in [0.4, 0.5) is 5.69 Å². The second kappa shape index (κ2) is 8.69. The summed E-state index contributed by atoms with van der Waals surface area (Å²) in [4.78, 5) is 30.3. The third-order valence-corrected chi connectivity index (χ3v) is 8.02. The van der Waals surface area contributed by atoms with Crippen LogP contribution in [0.3, 0.4) is 0 Å². The van der Waals surface area contributed by atoms with Crippen molar-refractivity contribution in [1.29, 1.82) is 0 Å². The molecule has 6 rings (SSSR count). The summed E-state index contributed by atoms with van der Waals surface area (Å²) in [5, 5.41) is 21.9. The van der Waals surface area contributed by atoms with Gasteiger partial charge in [-0.05, 0) is 53.8 Å². The van der Waals surface area contributed by atoms with Gasteiger partial charge in [0.15, 0.2) is 4.80 Å². The lowest BCUT2D eigenvalue weighted by Crippen LogP contribution is -2.38. The van der Waals surface area contributed by atoms with E-state index in [1.807, 2.05) is 24.3 Å². The molecule has 0 saturated heterocycles. The van der Waals surface area contributed by atoms with Crippen LogP contribution >= 0.6 is 27.3 Å². The molecule has 3 aromatic carbocycles. The summed E-state index contributed by atoms with van der Waals surface area (Å²) in [6.45, 7) is 0. The van der Waals surface area contributed by atoms with Crippen molar-refractivity contribution < 1.29 is 10.0 Å². The zero-order valence-electron chi connectivity index (χ0n) is 18.7. The Hall–Kier alpha value is -3.82. The van der Waals surface area contributed by atoms with E-state index >= 15 is 0 Å². The maximum absolute atomic E-state index is 13.8. The van der Waals surface area contributed by atoms with Crippen LogP contribution in [-0.4, -0.2) is 14.6 Å². The van der Waals surface area contributed by atoms with Gasteiger partial charge in [-0.15, -0.1) is 0 Å². The van der Waals surface area contributed by atoms with Crippen molar-refractivity contribution in [3.63, 3.8) is 0 Å². The third-order valence-electron chi connectivity index (χ3n) is 6.55. The van der Waals surface area contributed by atoms with Crippen LogP contribution in [-0.2, 0) is 6.42 Å². The van der Waals surface area contributed by atoms with Crippen molar-refractivity contribution in [1.82, 2.24) is 4.57 Å². The predicted octanol–water partition coefficient (Wildman–Crippen LogP) is 4.70. The number of hydrogen-bond donors (Lipinski definition) is 1. The number of phenolic OH excluding ortho intramolecular Hbond substituents is 1. The topological polar surface area (TPSA) is 97.7 Å². The Morgan fingerprint density at radius 3 is 2.78 bits per heavy atom. The van der Waals surface area contributed by atoms with E-state index in [0.717, 1.165) is 27.7 Å². The maximum Gasteiger partial charge on any atom is 0.271 e. The maximum atomic E-state index is 13.8. The second-order valence-corrected chi connectivity index (χ2v) is 10.6. The van der Waals surface area contributed by atoms with Crippen LogP contribution in [0.1, 0.15) is 34.7 Å². The van der Waals surface area contributed by atoms with Crippen molar-refractivity contribution in [2.24, 2.45) is 4.99 Å². The van der Waals surface area contributed by atoms with Gasteiger partial charge < -0.3 is 5.11 Å². The lowest BCUT2D eigenvalue weighted by molar-refractivity contribution is -0.384. The van der Waals surface area contributed by atoms with Crippen LogP contribution in [0.25, 0.3) is 11.8 Å². The van der Waals surface area contributed by atoms with Gasteiger partial charge >= 0.3 is 0 Å². The highest BCUT2D eigenvalue weighted by molar-refractivity contribution is 9.10. The van der Waals surface area contributed by atoms with Crippen molar-refractivity contribution in [2.45, 2.75) is 18.9 Å². The average Bonchev–Trinajstić information content (AvgIpc) is 3.19. The number of aromatic hydroxyl groups is 1.